The molecule has 0 aromatic heterocycles. The summed E-state index contributed by atoms with van der Waals surface area (Å²) in [5.74, 6) is 1.03. The van der Waals surface area contributed by atoms with Crippen LogP contribution in [0.2, 0.25) is 19.6 Å². The number of rotatable bonds is 7. The molecule has 0 aliphatic rings. The van der Waals surface area contributed by atoms with E-state index in [1.165, 1.54) is 21.4 Å². The van der Waals surface area contributed by atoms with E-state index in [-0.39, 0.29) is 0 Å². The number of hydrogen-bond donors (Lipinski definition) is 1. The summed E-state index contributed by atoms with van der Waals surface area (Å²) in [4.78, 5) is 0. The maximum absolute atomic E-state index is 10.2. The molecular formula is C24H29O2PSi. The van der Waals surface area contributed by atoms with Crippen LogP contribution >= 0.6 is 8.58 Å². The minimum atomic E-state index is -1.57. The summed E-state index contributed by atoms with van der Waals surface area (Å²) < 4.78 is 6.43. The summed E-state index contributed by atoms with van der Waals surface area (Å²) >= 11 is 0. The molecule has 2 unspecified atom stereocenters. The van der Waals surface area contributed by atoms with Crippen molar-refractivity contribution < 1.29 is 9.84 Å². The highest BCUT2D eigenvalue weighted by Crippen LogP contribution is 2.25. The molecule has 3 aromatic rings. The monoisotopic (exact) mass is 408 g/mol. The van der Waals surface area contributed by atoms with Gasteiger partial charge in [-0.05, 0) is 28.5 Å². The van der Waals surface area contributed by atoms with Crippen molar-refractivity contribution in [2.24, 2.45) is 0 Å². The summed E-state index contributed by atoms with van der Waals surface area (Å²) in [6.07, 6.45) is -0.474. The highest BCUT2D eigenvalue weighted by Gasteiger charge is 2.24. The molecule has 3 aromatic carbocycles. The van der Waals surface area contributed by atoms with Crippen molar-refractivity contribution in [3.63, 3.8) is 0 Å². The van der Waals surface area contributed by atoms with Crippen molar-refractivity contribution in [1.82, 2.24) is 0 Å². The van der Waals surface area contributed by atoms with Crippen LogP contribution in [-0.2, 0) is 6.61 Å². The number of para-hydroxylation sites is 1. The predicted octanol–water partition coefficient (Wildman–Crippen LogP) is 4.49. The van der Waals surface area contributed by atoms with Gasteiger partial charge < -0.3 is 9.84 Å². The zero-order valence-electron chi connectivity index (χ0n) is 17.1. The van der Waals surface area contributed by atoms with Crippen molar-refractivity contribution in [2.75, 3.05) is 0 Å². The van der Waals surface area contributed by atoms with Gasteiger partial charge in [0.25, 0.3) is 0 Å². The average molecular weight is 409 g/mol. The molecule has 28 heavy (non-hydrogen) atoms. The molecule has 0 aliphatic heterocycles. The minimum Gasteiger partial charge on any atom is -0.488 e. The topological polar surface area (TPSA) is 29.5 Å². The molecule has 3 rings (SSSR count). The van der Waals surface area contributed by atoms with Gasteiger partial charge in [-0.25, -0.2) is 0 Å². The van der Waals surface area contributed by atoms with E-state index in [0.717, 1.165) is 11.3 Å². The van der Waals surface area contributed by atoms with E-state index in [0.29, 0.717) is 15.2 Å². The molecule has 2 atom stereocenters. The first-order valence-corrected chi connectivity index (χ1v) is 14.2. The second kappa shape index (κ2) is 9.04. The molecule has 4 heteroatoms. The first kappa shape index (κ1) is 20.8. The lowest BCUT2D eigenvalue weighted by molar-refractivity contribution is 0.200. The van der Waals surface area contributed by atoms with Crippen LogP contribution in [0, 0.1) is 0 Å². The summed E-state index contributed by atoms with van der Waals surface area (Å²) in [5, 5.41) is 13.9. The SMILES string of the molecule is CC(O)c1ccccc1Pc1cccc([Si](C)(C)C)c1OCc1ccccc1. The molecule has 0 saturated carbocycles. The molecule has 0 aliphatic carbocycles. The molecule has 0 saturated heterocycles. The van der Waals surface area contributed by atoms with E-state index in [1.54, 1.807) is 0 Å². The lowest BCUT2D eigenvalue weighted by atomic mass is 10.1. The van der Waals surface area contributed by atoms with Crippen molar-refractivity contribution in [1.29, 1.82) is 0 Å². The number of aliphatic hydroxyl groups excluding tert-OH is 1. The number of aliphatic hydroxyl groups is 1. The molecule has 0 heterocycles. The van der Waals surface area contributed by atoms with Crippen LogP contribution in [0.3, 0.4) is 0 Å². The highest BCUT2D eigenvalue weighted by molar-refractivity contribution is 7.56. The molecule has 0 fully saturated rings. The Kier molecular flexibility index (Phi) is 6.72. The molecule has 1 N–H and O–H groups in total. The third-order valence-electron chi connectivity index (χ3n) is 4.73. The van der Waals surface area contributed by atoms with Gasteiger partial charge in [0.05, 0.1) is 14.2 Å². The Morgan fingerprint density at radius 2 is 1.50 bits per heavy atom. The summed E-state index contributed by atoms with van der Waals surface area (Å²) in [6.45, 7) is 9.46. The van der Waals surface area contributed by atoms with E-state index in [2.05, 4.69) is 56.0 Å². The molecule has 146 valence electrons. The maximum atomic E-state index is 10.2. The first-order chi connectivity index (χ1) is 13.4. The van der Waals surface area contributed by atoms with E-state index in [4.69, 9.17) is 4.74 Å². The van der Waals surface area contributed by atoms with Crippen molar-refractivity contribution >= 4 is 32.5 Å². The van der Waals surface area contributed by atoms with Gasteiger partial charge in [-0.15, -0.1) is 0 Å². The predicted molar refractivity (Wildman–Crippen MR) is 125 cm³/mol. The fraction of sp³-hybridized carbons (Fsp3) is 0.250. The average Bonchev–Trinajstić information content (AvgIpc) is 2.67. The lowest BCUT2D eigenvalue weighted by Gasteiger charge is -2.24. The Balaban J connectivity index is 1.99. The molecule has 0 radical (unpaired) electrons. The van der Waals surface area contributed by atoms with E-state index in [1.807, 2.05) is 43.3 Å². The van der Waals surface area contributed by atoms with Crippen molar-refractivity contribution in [3.8, 4) is 5.75 Å². The second-order valence-electron chi connectivity index (χ2n) is 8.09. The zero-order valence-corrected chi connectivity index (χ0v) is 19.1. The Morgan fingerprint density at radius 3 is 2.18 bits per heavy atom. The second-order valence-corrected chi connectivity index (χ2v) is 14.5. The van der Waals surface area contributed by atoms with Crippen LogP contribution in [0.25, 0.3) is 0 Å². The lowest BCUT2D eigenvalue weighted by Crippen LogP contribution is -2.40. The fourth-order valence-electron chi connectivity index (χ4n) is 3.23. The Labute approximate surface area is 171 Å². The smallest absolute Gasteiger partial charge is 0.126 e. The molecule has 0 bridgehead atoms. The Morgan fingerprint density at radius 1 is 0.857 bits per heavy atom. The summed E-state index contributed by atoms with van der Waals surface area (Å²) in [7, 11) is -1.12. The summed E-state index contributed by atoms with van der Waals surface area (Å²) in [6, 6.07) is 25.0. The van der Waals surface area contributed by atoms with Gasteiger partial charge in [-0.2, -0.15) is 0 Å². The summed E-state index contributed by atoms with van der Waals surface area (Å²) in [5.41, 5.74) is 2.17. The van der Waals surface area contributed by atoms with E-state index >= 15 is 0 Å². The maximum Gasteiger partial charge on any atom is 0.126 e. The van der Waals surface area contributed by atoms with Gasteiger partial charge in [-0.1, -0.05) is 101 Å². The minimum absolute atomic E-state index is 0.447. The number of hydrogen-bond acceptors (Lipinski definition) is 2. The van der Waals surface area contributed by atoms with Gasteiger partial charge in [0.2, 0.25) is 0 Å². The van der Waals surface area contributed by atoms with Crippen molar-refractivity contribution in [3.05, 3.63) is 83.9 Å². The van der Waals surface area contributed by atoms with Crippen LogP contribution in [0.5, 0.6) is 5.75 Å². The zero-order chi connectivity index (χ0) is 20.1. The van der Waals surface area contributed by atoms with E-state index < -0.39 is 14.2 Å². The third-order valence-corrected chi connectivity index (χ3v) is 8.13. The van der Waals surface area contributed by atoms with Crippen LogP contribution in [-0.4, -0.2) is 13.2 Å². The largest absolute Gasteiger partial charge is 0.488 e. The van der Waals surface area contributed by atoms with Gasteiger partial charge in [0, 0.05) is 5.30 Å². The standard InChI is InChI=1S/C24H29O2PSi/c1-18(25)20-13-8-9-14-21(20)27-22-15-10-16-23(28(2,3)4)24(22)26-17-19-11-6-5-7-12-19/h5-16,18,25,27H,17H2,1-4H3. The van der Waals surface area contributed by atoms with Gasteiger partial charge in [0.15, 0.2) is 0 Å². The van der Waals surface area contributed by atoms with Crippen LogP contribution in [0.4, 0.5) is 0 Å². The van der Waals surface area contributed by atoms with E-state index in [9.17, 15) is 5.11 Å². The molecule has 0 spiro atoms. The van der Waals surface area contributed by atoms with Crippen LogP contribution in [0.1, 0.15) is 24.2 Å². The highest BCUT2D eigenvalue weighted by atomic mass is 31.1. The third kappa shape index (κ3) is 5.11. The van der Waals surface area contributed by atoms with Crippen LogP contribution < -0.4 is 20.5 Å². The quantitative estimate of drug-likeness (QED) is 0.461. The van der Waals surface area contributed by atoms with Crippen molar-refractivity contribution in [2.45, 2.75) is 39.3 Å². The van der Waals surface area contributed by atoms with Gasteiger partial charge in [0.1, 0.15) is 12.4 Å². The van der Waals surface area contributed by atoms with Gasteiger partial charge in [-0.3, -0.25) is 0 Å². The number of benzene rings is 3. The Hall–Kier alpha value is -1.93. The molecular weight excluding hydrogens is 379 g/mol. The molecule has 0 amide bonds. The number of ether oxygens (including phenoxy) is 1. The van der Waals surface area contributed by atoms with Crippen LogP contribution in [0.15, 0.2) is 72.8 Å². The fourth-order valence-corrected chi connectivity index (χ4v) is 6.25. The molecule has 2 nitrogen and oxygen atoms in total. The van der Waals surface area contributed by atoms with Gasteiger partial charge >= 0.3 is 0 Å². The first-order valence-electron chi connectivity index (χ1n) is 9.70. The normalized spacial score (nSPS) is 13.0. The Bertz CT molecular complexity index is 917.